The van der Waals surface area contributed by atoms with Gasteiger partial charge in [-0.15, -0.1) is 11.8 Å². The molecule has 0 spiro atoms. The monoisotopic (exact) mass is 986 g/mol. The van der Waals surface area contributed by atoms with Crippen LogP contribution in [0.1, 0.15) is 104 Å². The van der Waals surface area contributed by atoms with E-state index in [0.717, 1.165) is 36.8 Å². The summed E-state index contributed by atoms with van der Waals surface area (Å²) in [5, 5.41) is 34.4. The molecule has 68 heavy (non-hydrogen) atoms. The zero-order chi connectivity index (χ0) is 49.8. The van der Waals surface area contributed by atoms with Gasteiger partial charge in [-0.05, 0) is 76.0 Å². The number of likely N-dealkylation sites (tertiary alicyclic amines) is 1. The number of anilines is 1. The Kier molecular flexibility index (Phi) is 17.3. The van der Waals surface area contributed by atoms with Gasteiger partial charge in [-0.1, -0.05) is 55.3 Å². The maximum atomic E-state index is 14.3. The molecule has 1 aliphatic carbocycles. The molecule has 0 radical (unpaired) electrons. The number of hydrogen-bond acceptors (Lipinski definition) is 14. The van der Waals surface area contributed by atoms with Crippen LogP contribution in [0.5, 0.6) is 0 Å². The van der Waals surface area contributed by atoms with E-state index in [-0.39, 0.29) is 59.5 Å². The third-order valence-electron chi connectivity index (χ3n) is 14.7. The Morgan fingerprint density at radius 2 is 1.79 bits per heavy atom. The van der Waals surface area contributed by atoms with Crippen LogP contribution in [0.3, 0.4) is 0 Å². The zero-order valence-corrected chi connectivity index (χ0v) is 41.6. The quantitative estimate of drug-likeness (QED) is 0.120. The maximum Gasteiger partial charge on any atom is 0.409 e. The number of hydrogen-bond donors (Lipinski definition) is 4. The highest BCUT2D eigenvalue weighted by Gasteiger charge is 2.64. The van der Waals surface area contributed by atoms with Gasteiger partial charge in [0.2, 0.25) is 23.6 Å². The smallest absolute Gasteiger partial charge is 0.409 e. The van der Waals surface area contributed by atoms with Crippen LogP contribution in [0.4, 0.5) is 10.5 Å². The van der Waals surface area contributed by atoms with Crippen LogP contribution in [-0.4, -0.2) is 141 Å². The molecule has 4 heterocycles. The average Bonchev–Trinajstić information content (AvgIpc) is 3.94. The fraction of sp³-hybridized carbons (Fsp3) is 0.653. The number of rotatable bonds is 13. The molecule has 4 bridgehead atoms. The Balaban J connectivity index is 1.15. The Labute approximate surface area is 407 Å². The number of aliphatic hydroxyl groups is 3. The summed E-state index contributed by atoms with van der Waals surface area (Å²) in [6.07, 6.45) is 4.64. The molecule has 1 saturated carbocycles. The number of allylic oxidation sites excluding steroid dienone is 3. The van der Waals surface area contributed by atoms with Crippen LogP contribution in [0.15, 0.2) is 35.9 Å². The molecule has 4 aliphatic heterocycles. The molecule has 1 aromatic rings. The van der Waals surface area contributed by atoms with Crippen molar-refractivity contribution in [3.8, 4) is 0 Å². The summed E-state index contributed by atoms with van der Waals surface area (Å²) >= 11 is 7.99. The Morgan fingerprint density at radius 3 is 2.46 bits per heavy atom. The van der Waals surface area contributed by atoms with E-state index < -0.39 is 96.3 Å². The van der Waals surface area contributed by atoms with Crippen molar-refractivity contribution in [1.29, 1.82) is 0 Å². The van der Waals surface area contributed by atoms with Crippen molar-refractivity contribution in [3.05, 3.63) is 52.1 Å². The number of ether oxygens (including phenoxy) is 3. The number of halogens is 1. The summed E-state index contributed by atoms with van der Waals surface area (Å²) < 4.78 is 18.1. The van der Waals surface area contributed by atoms with E-state index >= 15 is 0 Å². The predicted molar refractivity (Wildman–Crippen MR) is 253 cm³/mol. The molecule has 1 unspecified atom stereocenters. The number of likely N-dealkylation sites (N-methyl/N-ethyl adjacent to an activating group) is 1. The number of esters is 1. The number of nitrogens with zero attached hydrogens (tertiary/aromatic N) is 3. The first kappa shape index (κ1) is 53.0. The lowest BCUT2D eigenvalue weighted by atomic mass is 9.79. The molecule has 5 aliphatic rings. The van der Waals surface area contributed by atoms with Crippen molar-refractivity contribution in [3.63, 3.8) is 0 Å². The molecular formula is C49H67ClN4O13S. The van der Waals surface area contributed by atoms with Crippen LogP contribution < -0.4 is 10.2 Å². The van der Waals surface area contributed by atoms with E-state index in [2.05, 4.69) is 5.32 Å². The number of imide groups is 1. The first-order valence-corrected chi connectivity index (χ1v) is 25.0. The van der Waals surface area contributed by atoms with Gasteiger partial charge in [-0.25, -0.2) is 9.59 Å². The lowest BCUT2D eigenvalue weighted by Gasteiger charge is -2.42. The average molecular weight is 988 g/mol. The van der Waals surface area contributed by atoms with E-state index in [4.69, 9.17) is 25.8 Å². The Morgan fingerprint density at radius 1 is 1.09 bits per heavy atom. The van der Waals surface area contributed by atoms with Crippen molar-refractivity contribution < 1.29 is 63.1 Å². The van der Waals surface area contributed by atoms with Crippen molar-refractivity contribution in [2.45, 2.75) is 146 Å². The third kappa shape index (κ3) is 11.8. The molecule has 17 nitrogen and oxygen atoms in total. The summed E-state index contributed by atoms with van der Waals surface area (Å²) in [6, 6.07) is 2.32. The number of alkyl carbamates (subject to hydrolysis) is 1. The Hall–Kier alpha value is -4.33. The second-order valence-corrected chi connectivity index (χ2v) is 21.0. The number of fused-ring (bicyclic) bond motifs is 5. The number of benzene rings is 1. The fourth-order valence-electron chi connectivity index (χ4n) is 9.96. The van der Waals surface area contributed by atoms with Crippen molar-refractivity contribution in [2.75, 3.05) is 37.9 Å². The number of epoxide rings is 1. The van der Waals surface area contributed by atoms with E-state index in [1.165, 1.54) is 47.5 Å². The van der Waals surface area contributed by atoms with Crippen molar-refractivity contribution in [1.82, 2.24) is 15.1 Å². The molecule has 0 aromatic heterocycles. The molecule has 374 valence electrons. The van der Waals surface area contributed by atoms with Gasteiger partial charge in [-0.2, -0.15) is 0 Å². The van der Waals surface area contributed by atoms with Crippen molar-refractivity contribution in [2.24, 2.45) is 23.7 Å². The highest BCUT2D eigenvalue weighted by atomic mass is 35.5. The van der Waals surface area contributed by atoms with E-state index in [9.17, 15) is 48.9 Å². The Bertz CT molecular complexity index is 2180. The van der Waals surface area contributed by atoms with Gasteiger partial charge >= 0.3 is 12.1 Å². The van der Waals surface area contributed by atoms with E-state index in [1.807, 2.05) is 13.8 Å². The molecule has 3 saturated heterocycles. The number of amides is 5. The van der Waals surface area contributed by atoms with Gasteiger partial charge in [0.05, 0.1) is 41.7 Å². The fourth-order valence-corrected chi connectivity index (χ4v) is 11.4. The van der Waals surface area contributed by atoms with Crippen molar-refractivity contribution >= 4 is 70.5 Å². The predicted octanol–water partition coefficient (Wildman–Crippen LogP) is 4.63. The highest BCUT2D eigenvalue weighted by Crippen LogP contribution is 2.49. The number of carbonyl (C=O) groups excluding carboxylic acids is 7. The number of Topliss-reactive ketones (excluding diaryl/α,β-unsaturated/α-hetero) is 1. The lowest BCUT2D eigenvalue weighted by molar-refractivity contribution is -0.162. The summed E-state index contributed by atoms with van der Waals surface area (Å²) in [7, 11) is 2.97. The molecule has 9 atom stereocenters. The van der Waals surface area contributed by atoms with Crippen LogP contribution >= 0.6 is 23.4 Å². The van der Waals surface area contributed by atoms with Crippen LogP contribution in [0, 0.1) is 23.7 Å². The SMILES string of the molecule is CCC(=O)C1CCC(CN2C(=O)CC(SCCC(=O)N(C)[C@@H](C)C(=O)O[C@H]3CC(=O)N(C)c4cc(cc(CO)c4Cl)C/C(C)=C/C=C/[C@@H](CO)[C@@]4(O)C[C@H](OC(=O)N4)[C@@H](C)[C@@H]4O[C@@]34C)C2=O)CC1. The summed E-state index contributed by atoms with van der Waals surface area (Å²) in [4.78, 5) is 97.1. The molecule has 4 N–H and O–H groups in total. The molecular weight excluding hydrogens is 920 g/mol. The summed E-state index contributed by atoms with van der Waals surface area (Å²) in [5.74, 6) is -3.17. The van der Waals surface area contributed by atoms with Gasteiger partial charge in [0.1, 0.15) is 29.6 Å². The number of thioether (sulfide) groups is 1. The van der Waals surface area contributed by atoms with Gasteiger partial charge in [0.25, 0.3) is 0 Å². The van der Waals surface area contributed by atoms with Crippen LogP contribution in [0.2, 0.25) is 5.02 Å². The van der Waals surface area contributed by atoms with Gasteiger partial charge in [0, 0.05) is 69.8 Å². The minimum absolute atomic E-state index is 0.0361. The number of nitrogens with one attached hydrogen (secondary N) is 1. The normalized spacial score (nSPS) is 32.8. The van der Waals surface area contributed by atoms with Crippen LogP contribution in [-0.2, 0) is 56.0 Å². The number of ketones is 1. The molecule has 6 rings (SSSR count). The lowest BCUT2D eigenvalue weighted by Crippen LogP contribution is -2.62. The largest absolute Gasteiger partial charge is 0.457 e. The minimum atomic E-state index is -1.91. The first-order chi connectivity index (χ1) is 32.1. The topological polar surface area (TPSA) is 233 Å². The molecule has 19 heteroatoms. The van der Waals surface area contributed by atoms with Gasteiger partial charge in [0.15, 0.2) is 5.72 Å². The van der Waals surface area contributed by atoms with E-state index in [0.29, 0.717) is 30.6 Å². The minimum Gasteiger partial charge on any atom is -0.457 e. The standard InChI is InChI=1S/C49H67ClN4O13S/c1-8-36(57)32-14-12-30(13-15-32)24-54-42(60)21-38(45(54)61)68-17-16-40(58)52(6)29(4)46(62)66-39-22-41(59)53(7)35-20-31(19-33(25-55)43(35)50)18-27(2)10-9-11-34(26-56)49(64)23-37(65-47(63)51-49)28(3)44-48(39,5)67-44/h9-11,19-20,28-30,32,34,37-39,44,55-56,64H,8,12-18,21-26H2,1-7H3,(H,51,63)/b11-9+,27-10+/t28-,29+,30?,32?,34+,37+,38?,39+,44+,48+,49+/m1/s1. The third-order valence-corrected chi connectivity index (χ3v) is 16.3. The number of aliphatic hydroxyl groups excluding tert-OH is 2. The summed E-state index contributed by atoms with van der Waals surface area (Å²) in [6.45, 7) is 8.04. The second kappa shape index (κ2) is 22.2. The zero-order valence-electron chi connectivity index (χ0n) is 40.0. The summed E-state index contributed by atoms with van der Waals surface area (Å²) in [5.41, 5.74) is -0.970. The van der Waals surface area contributed by atoms with Gasteiger partial charge < -0.3 is 39.3 Å². The second-order valence-electron chi connectivity index (χ2n) is 19.3. The van der Waals surface area contributed by atoms with Crippen LogP contribution in [0.25, 0.3) is 0 Å². The first-order valence-electron chi connectivity index (χ1n) is 23.6. The maximum absolute atomic E-state index is 14.3. The van der Waals surface area contributed by atoms with E-state index in [1.54, 1.807) is 44.2 Å². The molecule has 4 fully saturated rings. The highest BCUT2D eigenvalue weighted by molar-refractivity contribution is 8.00. The molecule has 5 amide bonds. The number of carbonyl (C=O) groups is 7. The van der Waals surface area contributed by atoms with Gasteiger partial charge in [-0.3, -0.25) is 34.2 Å². The molecule has 1 aromatic carbocycles.